The molecule has 1 aliphatic rings. The van der Waals surface area contributed by atoms with Crippen LogP contribution in [0, 0.1) is 6.92 Å². The van der Waals surface area contributed by atoms with E-state index in [4.69, 9.17) is 16.6 Å². The largest absolute Gasteiger partial charge is 0.385 e. The van der Waals surface area contributed by atoms with Crippen LogP contribution in [0.15, 0.2) is 85.2 Å². The number of fused-ring (bicyclic) bond motifs is 1. The summed E-state index contributed by atoms with van der Waals surface area (Å²) in [6.07, 6.45) is 4.79. The molecule has 1 amide bonds. The maximum Gasteiger partial charge on any atom is 0.251 e. The van der Waals surface area contributed by atoms with Gasteiger partial charge in [-0.3, -0.25) is 9.78 Å². The Morgan fingerprint density at radius 1 is 1.05 bits per heavy atom. The van der Waals surface area contributed by atoms with E-state index in [0.29, 0.717) is 49.0 Å². The van der Waals surface area contributed by atoms with Crippen LogP contribution in [0.5, 0.6) is 0 Å². The van der Waals surface area contributed by atoms with Crippen molar-refractivity contribution in [1.82, 2.24) is 24.9 Å². The molecule has 41 heavy (non-hydrogen) atoms. The Bertz CT molecular complexity index is 1680. The number of carbonyl (C=O) groups is 1. The molecule has 0 radical (unpaired) electrons. The van der Waals surface area contributed by atoms with Crippen LogP contribution < -0.4 is 15.5 Å². The van der Waals surface area contributed by atoms with Gasteiger partial charge in [-0.25, -0.2) is 4.52 Å². The van der Waals surface area contributed by atoms with Gasteiger partial charge in [0.25, 0.3) is 5.91 Å². The number of carbonyl (C=O) groups excluding carboxylic acids is 1. The maximum atomic E-state index is 12.6. The monoisotopic (exact) mass is 567 g/mol. The van der Waals surface area contributed by atoms with Gasteiger partial charge in [-0.1, -0.05) is 23.7 Å². The normalized spacial score (nSPS) is 14.7. The van der Waals surface area contributed by atoms with Crippen LogP contribution in [-0.4, -0.2) is 43.7 Å². The minimum absolute atomic E-state index is 0.167. The second-order valence-electron chi connectivity index (χ2n) is 10.3. The van der Waals surface area contributed by atoms with Crippen LogP contribution >= 0.6 is 11.6 Å². The van der Waals surface area contributed by atoms with Crippen LogP contribution in [-0.2, 0) is 12.1 Å². The summed E-state index contributed by atoms with van der Waals surface area (Å²) in [6.45, 7) is 3.72. The van der Waals surface area contributed by atoms with Gasteiger partial charge in [-0.05, 0) is 91.6 Å². The number of aromatic nitrogens is 4. The lowest BCUT2D eigenvalue weighted by atomic mass is 9.84. The molecule has 208 valence electrons. The van der Waals surface area contributed by atoms with Crippen LogP contribution in [0.4, 0.5) is 17.3 Å². The zero-order chi connectivity index (χ0) is 28.4. The highest BCUT2D eigenvalue weighted by Gasteiger charge is 2.34. The minimum Gasteiger partial charge on any atom is -0.385 e. The van der Waals surface area contributed by atoms with Gasteiger partial charge in [-0.2, -0.15) is 4.98 Å². The smallest absolute Gasteiger partial charge is 0.251 e. The molecule has 9 nitrogen and oxygen atoms in total. The average Bonchev–Trinajstić information content (AvgIpc) is 3.40. The van der Waals surface area contributed by atoms with E-state index >= 15 is 0 Å². The molecule has 0 aliphatic carbocycles. The number of nitrogens with zero attached hydrogens (tertiary/aromatic N) is 5. The number of aliphatic hydroxyl groups is 1. The molecule has 0 spiro atoms. The van der Waals surface area contributed by atoms with Crippen molar-refractivity contribution in [2.24, 2.45) is 0 Å². The first-order valence-corrected chi connectivity index (χ1v) is 13.9. The first-order valence-electron chi connectivity index (χ1n) is 13.5. The number of anilines is 3. The molecule has 0 atom stereocenters. The fraction of sp³-hybridized carbons (Fsp3) is 0.226. The van der Waals surface area contributed by atoms with E-state index in [1.165, 1.54) is 0 Å². The van der Waals surface area contributed by atoms with Gasteiger partial charge in [0, 0.05) is 41.8 Å². The summed E-state index contributed by atoms with van der Waals surface area (Å²) in [7, 11) is 0. The Kier molecular flexibility index (Phi) is 7.30. The Morgan fingerprint density at radius 2 is 1.80 bits per heavy atom. The van der Waals surface area contributed by atoms with Crippen LogP contribution in [0.25, 0.3) is 5.65 Å². The number of halogens is 1. The molecule has 0 unspecified atom stereocenters. The SMILES string of the molecule is Cc1ccnc(CNC(=O)c2ccc(Nc3nc4c(N5CCC(O)(c6ccc(Cl)cc6)CC5)cccn4n3)cc2)c1. The summed E-state index contributed by atoms with van der Waals surface area (Å²) < 4.78 is 1.75. The molecule has 2 aromatic carbocycles. The number of amides is 1. The summed E-state index contributed by atoms with van der Waals surface area (Å²) >= 11 is 6.03. The Morgan fingerprint density at radius 3 is 2.54 bits per heavy atom. The zero-order valence-corrected chi connectivity index (χ0v) is 23.3. The van der Waals surface area contributed by atoms with E-state index in [-0.39, 0.29) is 5.91 Å². The molecule has 6 rings (SSSR count). The van der Waals surface area contributed by atoms with Crippen LogP contribution in [0.3, 0.4) is 0 Å². The van der Waals surface area contributed by atoms with Crippen molar-refractivity contribution in [3.05, 3.63) is 113 Å². The predicted molar refractivity (Wildman–Crippen MR) is 160 cm³/mol. The Hall–Kier alpha value is -4.47. The summed E-state index contributed by atoms with van der Waals surface area (Å²) in [5.74, 6) is 0.287. The fourth-order valence-corrected chi connectivity index (χ4v) is 5.29. The Balaban J connectivity index is 1.11. The second-order valence-corrected chi connectivity index (χ2v) is 10.8. The van der Waals surface area contributed by atoms with E-state index in [9.17, 15) is 9.90 Å². The minimum atomic E-state index is -0.882. The van der Waals surface area contributed by atoms with Gasteiger partial charge in [0.1, 0.15) is 0 Å². The van der Waals surface area contributed by atoms with Gasteiger partial charge >= 0.3 is 0 Å². The second kappa shape index (κ2) is 11.2. The molecular weight excluding hydrogens is 538 g/mol. The number of rotatable bonds is 7. The lowest BCUT2D eigenvalue weighted by Gasteiger charge is -2.39. The Labute approximate surface area is 242 Å². The molecule has 3 N–H and O–H groups in total. The van der Waals surface area contributed by atoms with Crippen molar-refractivity contribution < 1.29 is 9.90 Å². The topological polar surface area (TPSA) is 108 Å². The summed E-state index contributed by atoms with van der Waals surface area (Å²) in [6, 6.07) is 22.5. The highest BCUT2D eigenvalue weighted by molar-refractivity contribution is 6.30. The zero-order valence-electron chi connectivity index (χ0n) is 22.6. The maximum absolute atomic E-state index is 12.6. The molecular formula is C31H30ClN7O2. The van der Waals surface area contributed by atoms with E-state index in [0.717, 1.165) is 33.8 Å². The average molecular weight is 568 g/mol. The van der Waals surface area contributed by atoms with Crippen molar-refractivity contribution in [2.45, 2.75) is 31.9 Å². The lowest BCUT2D eigenvalue weighted by molar-refractivity contribution is 0.0118. The number of piperidine rings is 1. The number of hydrogen-bond acceptors (Lipinski definition) is 7. The van der Waals surface area contributed by atoms with Gasteiger partial charge in [0.2, 0.25) is 5.95 Å². The van der Waals surface area contributed by atoms with Crippen molar-refractivity contribution in [1.29, 1.82) is 0 Å². The van der Waals surface area contributed by atoms with E-state index in [1.54, 1.807) is 22.8 Å². The third kappa shape index (κ3) is 5.86. The molecule has 0 saturated carbocycles. The number of pyridine rings is 2. The number of aryl methyl sites for hydroxylation is 1. The first kappa shape index (κ1) is 26.7. The molecule has 4 heterocycles. The highest BCUT2D eigenvalue weighted by Crippen LogP contribution is 2.36. The van der Waals surface area contributed by atoms with E-state index in [1.807, 2.05) is 73.8 Å². The molecule has 0 bridgehead atoms. The highest BCUT2D eigenvalue weighted by atomic mass is 35.5. The standard InChI is InChI=1S/C31H30ClN7O2/c1-21-12-15-33-26(19-21)20-34-29(40)22-4-10-25(11-5-22)35-30-36-28-27(3-2-16-39(28)37-30)38-17-13-31(41,14-18-38)23-6-8-24(32)9-7-23/h2-12,15-16,19,41H,13-14,17-18,20H2,1H3,(H,34,40)(H,35,37). The summed E-state index contributed by atoms with van der Waals surface area (Å²) in [4.78, 5) is 23.9. The van der Waals surface area contributed by atoms with Crippen molar-refractivity contribution in [3.63, 3.8) is 0 Å². The van der Waals surface area contributed by atoms with Gasteiger partial charge in [-0.15, -0.1) is 5.10 Å². The number of nitrogens with one attached hydrogen (secondary N) is 2. The molecule has 5 aromatic rings. The first-order chi connectivity index (χ1) is 19.9. The van der Waals surface area contributed by atoms with Crippen molar-refractivity contribution in [3.8, 4) is 0 Å². The predicted octanol–water partition coefficient (Wildman–Crippen LogP) is 5.25. The van der Waals surface area contributed by atoms with Crippen molar-refractivity contribution >= 4 is 40.5 Å². The van der Waals surface area contributed by atoms with Gasteiger partial charge in [0.15, 0.2) is 5.65 Å². The molecule has 1 fully saturated rings. The lowest BCUT2D eigenvalue weighted by Crippen LogP contribution is -2.42. The van der Waals surface area contributed by atoms with E-state index in [2.05, 4.69) is 25.6 Å². The third-order valence-corrected chi connectivity index (χ3v) is 7.71. The quantitative estimate of drug-likeness (QED) is 0.247. The van der Waals surface area contributed by atoms with Crippen LogP contribution in [0.1, 0.15) is 40.0 Å². The third-order valence-electron chi connectivity index (χ3n) is 7.46. The number of benzene rings is 2. The van der Waals surface area contributed by atoms with E-state index < -0.39 is 5.60 Å². The van der Waals surface area contributed by atoms with Gasteiger partial charge < -0.3 is 20.6 Å². The molecule has 10 heteroatoms. The molecule has 1 saturated heterocycles. The number of hydrogen-bond donors (Lipinski definition) is 3. The van der Waals surface area contributed by atoms with Gasteiger partial charge in [0.05, 0.1) is 23.5 Å². The molecule has 3 aromatic heterocycles. The summed E-state index contributed by atoms with van der Waals surface area (Å²) in [5, 5.41) is 22.7. The molecule has 1 aliphatic heterocycles. The van der Waals surface area contributed by atoms with Crippen LogP contribution in [0.2, 0.25) is 5.02 Å². The fourth-order valence-electron chi connectivity index (χ4n) is 5.16. The summed E-state index contributed by atoms with van der Waals surface area (Å²) in [5.41, 5.74) is 4.94. The van der Waals surface area contributed by atoms with Crippen molar-refractivity contribution in [2.75, 3.05) is 23.3 Å².